The standard InChI is InChI=1S/C15H17BrCl4O2/c1-12(2,16)7-5-6-9-8-13(19)10(17)11(18)14(9,20)15(13,21-3)22-4/h9H,6,8H2,1-4H3/t9-,13+,14-/m1/s1. The van der Waals surface area contributed by atoms with E-state index in [4.69, 9.17) is 55.9 Å². The summed E-state index contributed by atoms with van der Waals surface area (Å²) in [5.74, 6) is 4.81. The van der Waals surface area contributed by atoms with E-state index >= 15 is 0 Å². The number of fused-ring (bicyclic) bond motifs is 2. The smallest absolute Gasteiger partial charge is 0.217 e. The van der Waals surface area contributed by atoms with Gasteiger partial charge in [0.2, 0.25) is 5.79 Å². The predicted octanol–water partition coefficient (Wildman–Crippen LogP) is 5.22. The molecule has 0 amide bonds. The van der Waals surface area contributed by atoms with Gasteiger partial charge in [0.15, 0.2) is 0 Å². The molecular formula is C15H17BrCl4O2. The topological polar surface area (TPSA) is 18.5 Å². The summed E-state index contributed by atoms with van der Waals surface area (Å²) in [4.78, 5) is -2.25. The van der Waals surface area contributed by atoms with Gasteiger partial charge in [-0.15, -0.1) is 29.1 Å². The number of halogens is 5. The molecule has 1 saturated carbocycles. The van der Waals surface area contributed by atoms with Crippen molar-refractivity contribution in [3.63, 3.8) is 0 Å². The number of methoxy groups -OCH3 is 2. The van der Waals surface area contributed by atoms with Crippen molar-refractivity contribution < 1.29 is 9.47 Å². The highest BCUT2D eigenvalue weighted by atomic mass is 79.9. The van der Waals surface area contributed by atoms with Gasteiger partial charge in [-0.05, 0) is 20.3 Å². The Morgan fingerprint density at radius 1 is 1.23 bits per heavy atom. The summed E-state index contributed by atoms with van der Waals surface area (Å²) >= 11 is 29.9. The van der Waals surface area contributed by atoms with E-state index in [2.05, 4.69) is 27.8 Å². The summed E-state index contributed by atoms with van der Waals surface area (Å²) in [5, 5.41) is 0.574. The van der Waals surface area contributed by atoms with Crippen LogP contribution in [0.25, 0.3) is 0 Å². The van der Waals surface area contributed by atoms with Crippen LogP contribution in [0.2, 0.25) is 0 Å². The molecule has 0 aromatic carbocycles. The lowest BCUT2D eigenvalue weighted by atomic mass is 9.88. The van der Waals surface area contributed by atoms with E-state index in [1.54, 1.807) is 0 Å². The molecule has 7 heteroatoms. The number of alkyl halides is 3. The molecule has 2 aliphatic carbocycles. The van der Waals surface area contributed by atoms with Crippen LogP contribution in [0.1, 0.15) is 26.7 Å². The maximum atomic E-state index is 6.88. The van der Waals surface area contributed by atoms with Crippen molar-refractivity contribution in [1.82, 2.24) is 0 Å². The third kappa shape index (κ3) is 2.37. The van der Waals surface area contributed by atoms with Crippen LogP contribution in [0, 0.1) is 17.8 Å². The van der Waals surface area contributed by atoms with Crippen LogP contribution in [0.4, 0.5) is 0 Å². The van der Waals surface area contributed by atoms with Crippen molar-refractivity contribution in [2.24, 2.45) is 5.92 Å². The zero-order valence-electron chi connectivity index (χ0n) is 12.7. The Morgan fingerprint density at radius 3 is 2.18 bits per heavy atom. The third-order valence-electron chi connectivity index (χ3n) is 4.26. The second-order valence-corrected chi connectivity index (χ2v) is 10.0. The first-order chi connectivity index (χ1) is 10.00. The fourth-order valence-electron chi connectivity index (χ4n) is 3.36. The molecule has 124 valence electrons. The Hall–Kier alpha value is 0.860. The molecule has 0 radical (unpaired) electrons. The van der Waals surface area contributed by atoms with E-state index in [0.717, 1.165) is 0 Å². The monoisotopic (exact) mass is 448 g/mol. The molecule has 0 aromatic rings. The molecule has 0 N–H and O–H groups in total. The second kappa shape index (κ2) is 5.99. The minimum atomic E-state index is -1.31. The van der Waals surface area contributed by atoms with Gasteiger partial charge in [0, 0.05) is 26.6 Å². The lowest BCUT2D eigenvalue weighted by Crippen LogP contribution is -2.56. The molecule has 0 unspecified atom stereocenters. The Balaban J connectivity index is 2.45. The van der Waals surface area contributed by atoms with E-state index in [0.29, 0.717) is 17.9 Å². The van der Waals surface area contributed by atoms with Gasteiger partial charge in [-0.25, -0.2) is 0 Å². The van der Waals surface area contributed by atoms with E-state index in [1.165, 1.54) is 14.2 Å². The zero-order chi connectivity index (χ0) is 17.0. The largest absolute Gasteiger partial charge is 0.350 e. The molecule has 2 aliphatic rings. The van der Waals surface area contributed by atoms with Gasteiger partial charge in [0.05, 0.1) is 14.4 Å². The first-order valence-corrected chi connectivity index (χ1v) is 9.04. The fraction of sp³-hybridized carbons (Fsp3) is 0.733. The van der Waals surface area contributed by atoms with Crippen LogP contribution >= 0.6 is 62.3 Å². The van der Waals surface area contributed by atoms with Crippen LogP contribution in [0.15, 0.2) is 10.1 Å². The third-order valence-corrected chi connectivity index (χ3v) is 7.09. The fourth-order valence-corrected chi connectivity index (χ4v) is 5.59. The highest BCUT2D eigenvalue weighted by Crippen LogP contribution is 2.72. The second-order valence-electron chi connectivity index (χ2n) is 6.05. The first kappa shape index (κ1) is 19.2. The van der Waals surface area contributed by atoms with Gasteiger partial charge in [0.25, 0.3) is 0 Å². The van der Waals surface area contributed by atoms with Gasteiger partial charge in [-0.2, -0.15) is 0 Å². The van der Waals surface area contributed by atoms with Crippen LogP contribution in [0.3, 0.4) is 0 Å². The van der Waals surface area contributed by atoms with Crippen LogP contribution < -0.4 is 0 Å². The molecule has 2 rings (SSSR count). The SMILES string of the molecule is COC1(OC)[C@]2(Cl)C[C@@H](CC#CC(C)(C)Br)[C@@]1(Cl)C(Cl)=C2Cl. The lowest BCUT2D eigenvalue weighted by Gasteiger charge is -2.41. The van der Waals surface area contributed by atoms with E-state index in [-0.39, 0.29) is 15.3 Å². The molecule has 0 aliphatic heterocycles. The molecule has 0 aromatic heterocycles. The van der Waals surface area contributed by atoms with Gasteiger partial charge in [0.1, 0.15) is 9.75 Å². The number of hydrogen-bond donors (Lipinski definition) is 0. The van der Waals surface area contributed by atoms with Crippen molar-refractivity contribution in [1.29, 1.82) is 0 Å². The highest BCUT2D eigenvalue weighted by Gasteiger charge is 2.80. The van der Waals surface area contributed by atoms with Crippen molar-refractivity contribution in [2.75, 3.05) is 14.2 Å². The summed E-state index contributed by atoms with van der Waals surface area (Å²) in [5.41, 5.74) is 0. The van der Waals surface area contributed by atoms with Crippen molar-refractivity contribution in [2.45, 2.75) is 46.5 Å². The Kier molecular flexibility index (Phi) is 5.22. The maximum Gasteiger partial charge on any atom is 0.217 e. The van der Waals surface area contributed by atoms with Crippen molar-refractivity contribution in [3.8, 4) is 11.8 Å². The van der Waals surface area contributed by atoms with Gasteiger partial charge in [-0.3, -0.25) is 0 Å². The molecule has 1 fully saturated rings. The van der Waals surface area contributed by atoms with E-state index in [1.807, 2.05) is 13.8 Å². The molecular weight excluding hydrogens is 434 g/mol. The van der Waals surface area contributed by atoms with Crippen molar-refractivity contribution in [3.05, 3.63) is 10.1 Å². The lowest BCUT2D eigenvalue weighted by molar-refractivity contribution is -0.218. The number of hydrogen-bond acceptors (Lipinski definition) is 2. The Morgan fingerprint density at radius 2 is 1.77 bits per heavy atom. The predicted molar refractivity (Wildman–Crippen MR) is 96.2 cm³/mol. The van der Waals surface area contributed by atoms with Crippen molar-refractivity contribution >= 4 is 62.3 Å². The van der Waals surface area contributed by atoms with E-state index < -0.39 is 15.5 Å². The van der Waals surface area contributed by atoms with Gasteiger partial charge >= 0.3 is 0 Å². The number of ether oxygens (including phenoxy) is 2. The average molecular weight is 451 g/mol. The maximum absolute atomic E-state index is 6.88. The molecule has 22 heavy (non-hydrogen) atoms. The first-order valence-electron chi connectivity index (χ1n) is 6.73. The molecule has 0 heterocycles. The molecule has 0 saturated heterocycles. The quantitative estimate of drug-likeness (QED) is 0.333. The average Bonchev–Trinajstić information content (AvgIpc) is 2.69. The normalized spacial score (nSPS) is 36.5. The molecule has 0 spiro atoms. The number of rotatable bonds is 3. The van der Waals surface area contributed by atoms with E-state index in [9.17, 15) is 0 Å². The minimum absolute atomic E-state index is 0.135. The van der Waals surface area contributed by atoms with Gasteiger partial charge in [-0.1, -0.05) is 45.1 Å². The Labute approximate surface area is 159 Å². The summed E-state index contributed by atoms with van der Waals surface area (Å²) in [6.45, 7) is 3.94. The summed E-state index contributed by atoms with van der Waals surface area (Å²) < 4.78 is 10.9. The molecule has 3 atom stereocenters. The van der Waals surface area contributed by atoms with Crippen LogP contribution in [0.5, 0.6) is 0 Å². The van der Waals surface area contributed by atoms with Crippen LogP contribution in [-0.2, 0) is 9.47 Å². The molecule has 2 bridgehead atoms. The molecule has 2 nitrogen and oxygen atoms in total. The summed E-state index contributed by atoms with van der Waals surface area (Å²) in [6, 6.07) is 0. The van der Waals surface area contributed by atoms with Gasteiger partial charge < -0.3 is 9.47 Å². The summed E-state index contributed by atoms with van der Waals surface area (Å²) in [6.07, 6.45) is 0.994. The minimum Gasteiger partial charge on any atom is -0.350 e. The zero-order valence-corrected chi connectivity index (χ0v) is 17.3. The highest BCUT2D eigenvalue weighted by molar-refractivity contribution is 9.10. The summed E-state index contributed by atoms with van der Waals surface area (Å²) in [7, 11) is 2.99. The Bertz CT molecular complexity index is 570. The van der Waals surface area contributed by atoms with Crippen LogP contribution in [-0.4, -0.2) is 34.1 Å².